The summed E-state index contributed by atoms with van der Waals surface area (Å²) in [5.41, 5.74) is 3.85. The van der Waals surface area contributed by atoms with E-state index in [9.17, 15) is 0 Å². The summed E-state index contributed by atoms with van der Waals surface area (Å²) in [6, 6.07) is 39.3. The summed E-state index contributed by atoms with van der Waals surface area (Å²) in [7, 11) is 0. The maximum absolute atomic E-state index is 6.17. The molecule has 0 aliphatic carbocycles. The molecule has 0 saturated heterocycles. The van der Waals surface area contributed by atoms with Crippen LogP contribution >= 0.6 is 0 Å². The van der Waals surface area contributed by atoms with E-state index < -0.39 is 0 Å². The second-order valence-electron chi connectivity index (χ2n) is 10.3. The number of hydrogen-bond donors (Lipinski definition) is 0. The largest absolute Gasteiger partial charge is 0.476 e. The minimum absolute atomic E-state index is 0.389. The average Bonchev–Trinajstić information content (AvgIpc) is 3.86. The Morgan fingerprint density at radius 1 is 0.435 bits per heavy atom. The second kappa shape index (κ2) is 13.6. The predicted octanol–water partition coefficient (Wildman–Crippen LogP) is 8.78. The van der Waals surface area contributed by atoms with E-state index in [1.807, 2.05) is 121 Å². The van der Waals surface area contributed by atoms with Gasteiger partial charge in [0.25, 0.3) is 0 Å². The van der Waals surface area contributed by atoms with Gasteiger partial charge in [0.15, 0.2) is 12.2 Å². The molecule has 8 aromatic rings. The van der Waals surface area contributed by atoms with Gasteiger partial charge in [-0.2, -0.15) is 0 Å². The molecule has 0 amide bonds. The lowest BCUT2D eigenvalue weighted by atomic mass is 10.1. The van der Waals surface area contributed by atoms with Crippen molar-refractivity contribution in [1.29, 1.82) is 0 Å². The molecule has 46 heavy (non-hydrogen) atoms. The highest BCUT2D eigenvalue weighted by Crippen LogP contribution is 2.30. The van der Waals surface area contributed by atoms with Crippen LogP contribution in [0.25, 0.3) is 21.8 Å². The zero-order valence-electron chi connectivity index (χ0n) is 24.6. The van der Waals surface area contributed by atoms with Crippen molar-refractivity contribution < 1.29 is 18.3 Å². The van der Waals surface area contributed by atoms with Crippen molar-refractivity contribution >= 4 is 21.8 Å². The smallest absolute Gasteiger partial charge is 0.240 e. The Bertz CT molecular complexity index is 1960. The third kappa shape index (κ3) is 6.61. The maximum Gasteiger partial charge on any atom is 0.240 e. The third-order valence-corrected chi connectivity index (χ3v) is 7.21. The molecule has 0 N–H and O–H groups in total. The van der Waals surface area contributed by atoms with Crippen LogP contribution in [0.15, 0.2) is 167 Å². The van der Waals surface area contributed by atoms with E-state index in [1.165, 1.54) is 0 Å². The fourth-order valence-electron chi connectivity index (χ4n) is 5.03. The molecule has 4 aromatic carbocycles. The molecule has 0 radical (unpaired) electrons. The zero-order valence-corrected chi connectivity index (χ0v) is 24.6. The molecule has 0 fully saturated rings. The molecule has 8 nitrogen and oxygen atoms in total. The summed E-state index contributed by atoms with van der Waals surface area (Å²) in [6.45, 7) is 0. The SMILES string of the molecule is c1ccc(C(Oc2ccc3ncccc3c2)c2ncco2)cc1.c1ccc(C(Oc2ccc3ncccc3c2)c2ncco2)cc1. The number of ether oxygens (including phenoxy) is 2. The lowest BCUT2D eigenvalue weighted by molar-refractivity contribution is 0.208. The molecular formula is C38H28N4O4. The van der Waals surface area contributed by atoms with Gasteiger partial charge in [-0.15, -0.1) is 0 Å². The van der Waals surface area contributed by atoms with Gasteiger partial charge in [-0.05, 0) is 48.5 Å². The Morgan fingerprint density at radius 2 is 0.891 bits per heavy atom. The van der Waals surface area contributed by atoms with E-state index in [4.69, 9.17) is 18.3 Å². The van der Waals surface area contributed by atoms with Crippen molar-refractivity contribution in [3.05, 3.63) is 182 Å². The van der Waals surface area contributed by atoms with Crippen LogP contribution in [0.2, 0.25) is 0 Å². The fourth-order valence-corrected chi connectivity index (χ4v) is 5.03. The summed E-state index contributed by atoms with van der Waals surface area (Å²) >= 11 is 0. The Labute approximate surface area is 265 Å². The number of hydrogen-bond acceptors (Lipinski definition) is 8. The van der Waals surface area contributed by atoms with Gasteiger partial charge in [0.1, 0.15) is 24.0 Å². The van der Waals surface area contributed by atoms with Crippen LogP contribution in [0.4, 0.5) is 0 Å². The molecule has 2 unspecified atom stereocenters. The molecule has 0 saturated carbocycles. The van der Waals surface area contributed by atoms with Gasteiger partial charge in [-0.25, -0.2) is 9.97 Å². The number of aromatic nitrogens is 4. The monoisotopic (exact) mass is 604 g/mol. The highest BCUT2D eigenvalue weighted by Gasteiger charge is 2.22. The van der Waals surface area contributed by atoms with Crippen molar-refractivity contribution in [1.82, 2.24) is 19.9 Å². The van der Waals surface area contributed by atoms with E-state index in [2.05, 4.69) is 19.9 Å². The van der Waals surface area contributed by atoms with E-state index in [1.54, 1.807) is 37.3 Å². The van der Waals surface area contributed by atoms with Crippen LogP contribution in [0.1, 0.15) is 35.1 Å². The Morgan fingerprint density at radius 3 is 1.30 bits per heavy atom. The van der Waals surface area contributed by atoms with Gasteiger partial charge in [0.2, 0.25) is 11.8 Å². The summed E-state index contributed by atoms with van der Waals surface area (Å²) in [5, 5.41) is 2.06. The van der Waals surface area contributed by atoms with Crippen LogP contribution in [-0.4, -0.2) is 19.9 Å². The van der Waals surface area contributed by atoms with Crippen molar-refractivity contribution in [3.63, 3.8) is 0 Å². The predicted molar refractivity (Wildman–Crippen MR) is 174 cm³/mol. The van der Waals surface area contributed by atoms with Crippen molar-refractivity contribution in [2.24, 2.45) is 0 Å². The van der Waals surface area contributed by atoms with E-state index in [0.29, 0.717) is 11.8 Å². The number of benzene rings is 4. The van der Waals surface area contributed by atoms with Gasteiger partial charge in [0.05, 0.1) is 23.4 Å². The molecular weight excluding hydrogens is 576 g/mol. The van der Waals surface area contributed by atoms with Crippen LogP contribution < -0.4 is 9.47 Å². The molecule has 2 atom stereocenters. The normalized spacial score (nSPS) is 12.2. The van der Waals surface area contributed by atoms with Gasteiger partial charge in [-0.3, -0.25) is 9.97 Å². The molecule has 0 aliphatic rings. The summed E-state index contributed by atoms with van der Waals surface area (Å²) < 4.78 is 23.3. The lowest BCUT2D eigenvalue weighted by Crippen LogP contribution is -2.09. The molecule has 4 aromatic heterocycles. The van der Waals surface area contributed by atoms with Crippen molar-refractivity contribution in [2.45, 2.75) is 12.2 Å². The molecule has 8 rings (SSSR count). The summed E-state index contributed by atoms with van der Waals surface area (Å²) in [4.78, 5) is 17.1. The number of oxazole rings is 2. The van der Waals surface area contributed by atoms with Crippen LogP contribution in [-0.2, 0) is 0 Å². The molecule has 0 spiro atoms. The molecule has 0 aliphatic heterocycles. The van der Waals surface area contributed by atoms with E-state index >= 15 is 0 Å². The molecule has 0 bridgehead atoms. The first kappa shape index (κ1) is 28.5. The van der Waals surface area contributed by atoms with Crippen molar-refractivity contribution in [2.75, 3.05) is 0 Å². The number of rotatable bonds is 8. The highest BCUT2D eigenvalue weighted by molar-refractivity contribution is 5.80. The zero-order chi connectivity index (χ0) is 31.0. The number of fused-ring (bicyclic) bond motifs is 2. The third-order valence-electron chi connectivity index (χ3n) is 7.21. The van der Waals surface area contributed by atoms with Crippen LogP contribution in [0, 0.1) is 0 Å². The molecule has 4 heterocycles. The van der Waals surface area contributed by atoms with E-state index in [-0.39, 0.29) is 12.2 Å². The van der Waals surface area contributed by atoms with Crippen LogP contribution in [0.5, 0.6) is 11.5 Å². The van der Waals surface area contributed by atoms with Gasteiger partial charge in [-0.1, -0.05) is 72.8 Å². The standard InChI is InChI=1S/2C19H14N2O2/c2*1-2-5-14(6-3-1)18(19-21-11-12-22-19)23-16-8-9-17-15(13-16)7-4-10-20-17/h2*1-13,18H. The topological polar surface area (TPSA) is 96.3 Å². The highest BCUT2D eigenvalue weighted by atomic mass is 16.5. The first-order valence-electron chi connectivity index (χ1n) is 14.7. The van der Waals surface area contributed by atoms with E-state index in [0.717, 1.165) is 44.4 Å². The first-order chi connectivity index (χ1) is 22.8. The average molecular weight is 605 g/mol. The minimum atomic E-state index is -0.389. The minimum Gasteiger partial charge on any atom is -0.476 e. The second-order valence-corrected chi connectivity index (χ2v) is 10.3. The fraction of sp³-hybridized carbons (Fsp3) is 0.0526. The van der Waals surface area contributed by atoms with Crippen molar-refractivity contribution in [3.8, 4) is 11.5 Å². The lowest BCUT2D eigenvalue weighted by Gasteiger charge is -2.17. The summed E-state index contributed by atoms with van der Waals surface area (Å²) in [5.74, 6) is 2.56. The van der Waals surface area contributed by atoms with Gasteiger partial charge >= 0.3 is 0 Å². The molecule has 8 heteroatoms. The maximum atomic E-state index is 6.17. The van der Waals surface area contributed by atoms with Gasteiger partial charge < -0.3 is 18.3 Å². The Balaban J connectivity index is 0.000000147. The number of pyridine rings is 2. The molecule has 224 valence electrons. The van der Waals surface area contributed by atoms with Gasteiger partial charge in [0, 0.05) is 34.3 Å². The summed E-state index contributed by atoms with van der Waals surface area (Å²) in [6.07, 6.45) is 9.14. The Kier molecular flexibility index (Phi) is 8.40. The Hall–Kier alpha value is -6.28. The van der Waals surface area contributed by atoms with Crippen LogP contribution in [0.3, 0.4) is 0 Å². The quantitative estimate of drug-likeness (QED) is 0.170. The first-order valence-corrected chi connectivity index (χ1v) is 14.7. The number of nitrogens with zero attached hydrogens (tertiary/aromatic N) is 4.